The van der Waals surface area contributed by atoms with Crippen LogP contribution in [0.25, 0.3) is 0 Å². The third-order valence-corrected chi connectivity index (χ3v) is 3.06. The van der Waals surface area contributed by atoms with E-state index in [2.05, 4.69) is 36.0 Å². The predicted molar refractivity (Wildman–Crippen MR) is 61.8 cm³/mol. The minimum Gasteiger partial charge on any atom is -0.409 e. The number of rotatable bonds is 1. The van der Waals surface area contributed by atoms with Gasteiger partial charge in [0, 0.05) is 57.2 Å². The van der Waals surface area contributed by atoms with Crippen LogP contribution in [0, 0.1) is 13.1 Å². The summed E-state index contributed by atoms with van der Waals surface area (Å²) >= 11 is 0. The number of hydrogen-bond donors (Lipinski definition) is 1. The zero-order valence-corrected chi connectivity index (χ0v) is 12.9. The number of anilines is 1. The van der Waals surface area contributed by atoms with Crippen molar-refractivity contribution in [2.24, 2.45) is 5.73 Å². The normalized spacial score (nSPS) is 19.1. The van der Waals surface area contributed by atoms with Crippen molar-refractivity contribution in [2.45, 2.75) is 32.2 Å². The van der Waals surface area contributed by atoms with E-state index in [-0.39, 0.29) is 38.2 Å². The van der Waals surface area contributed by atoms with Gasteiger partial charge in [-0.2, -0.15) is 11.6 Å². The van der Waals surface area contributed by atoms with E-state index in [1.807, 2.05) is 6.07 Å². The number of nitrogens with zero attached hydrogens (tertiary/aromatic N) is 2. The zero-order chi connectivity index (χ0) is 10.9. The molecule has 1 aromatic rings. The maximum Gasteiger partial charge on any atom is 0.0158 e. The second kappa shape index (κ2) is 5.57. The van der Waals surface area contributed by atoms with E-state index in [0.29, 0.717) is 0 Å². The van der Waals surface area contributed by atoms with E-state index in [1.54, 1.807) is 0 Å². The largest absolute Gasteiger partial charge is 0.409 e. The summed E-state index contributed by atoms with van der Waals surface area (Å²) < 4.78 is 0. The van der Waals surface area contributed by atoms with Crippen LogP contribution in [0.3, 0.4) is 0 Å². The molecule has 1 fully saturated rings. The Morgan fingerprint density at radius 1 is 1.44 bits per heavy atom. The Kier molecular flexibility index (Phi) is 4.90. The fraction of sp³-hybridized carbons (Fsp3) is 0.583. The molecule has 1 saturated heterocycles. The molecule has 1 aliphatic heterocycles. The van der Waals surface area contributed by atoms with Gasteiger partial charge in [0.1, 0.15) is 0 Å². The van der Waals surface area contributed by atoms with Gasteiger partial charge in [-0.3, -0.25) is 0 Å². The number of hydrogen-bond acceptors (Lipinski definition) is 3. The van der Waals surface area contributed by atoms with Crippen molar-refractivity contribution in [2.75, 3.05) is 18.0 Å². The van der Waals surface area contributed by atoms with Gasteiger partial charge >= 0.3 is 0 Å². The first-order valence-corrected chi connectivity index (χ1v) is 5.45. The second-order valence-corrected chi connectivity index (χ2v) is 4.77. The van der Waals surface area contributed by atoms with Gasteiger partial charge in [-0.15, -0.1) is 6.07 Å². The number of piperidine rings is 1. The SMILES string of the molecule is Cc1c[c-]nc(N2CCC(C)(N)CC2)c1.[Y]. The van der Waals surface area contributed by atoms with Crippen LogP contribution in [-0.2, 0) is 32.7 Å². The van der Waals surface area contributed by atoms with Crippen LogP contribution in [-0.4, -0.2) is 23.6 Å². The summed E-state index contributed by atoms with van der Waals surface area (Å²) in [6.45, 7) is 6.19. The molecule has 2 heterocycles. The standard InChI is InChI=1S/C12H18N3.Y/c1-10-3-6-14-11(9-10)15-7-4-12(2,13)5-8-15;/h3,9H,4-5,7-8,13H2,1-2H3;/q-1;. The van der Waals surface area contributed by atoms with E-state index in [9.17, 15) is 0 Å². The molecule has 0 spiro atoms. The van der Waals surface area contributed by atoms with Crippen LogP contribution in [0.4, 0.5) is 5.82 Å². The molecule has 0 bridgehead atoms. The van der Waals surface area contributed by atoms with E-state index in [1.165, 1.54) is 5.56 Å². The Morgan fingerprint density at radius 3 is 2.62 bits per heavy atom. The molecule has 2 N–H and O–H groups in total. The van der Waals surface area contributed by atoms with Gasteiger partial charge in [-0.25, -0.2) is 0 Å². The van der Waals surface area contributed by atoms with Gasteiger partial charge in [0.05, 0.1) is 0 Å². The van der Waals surface area contributed by atoms with Crippen LogP contribution in [0.1, 0.15) is 25.3 Å². The molecule has 0 unspecified atom stereocenters. The summed E-state index contributed by atoms with van der Waals surface area (Å²) in [7, 11) is 0. The molecular weight excluding hydrogens is 275 g/mol. The third kappa shape index (κ3) is 3.51. The van der Waals surface area contributed by atoms with Crippen molar-refractivity contribution < 1.29 is 32.7 Å². The van der Waals surface area contributed by atoms with Gasteiger partial charge in [-0.1, -0.05) is 13.1 Å². The average molecular weight is 293 g/mol. The van der Waals surface area contributed by atoms with Gasteiger partial charge < -0.3 is 15.6 Å². The summed E-state index contributed by atoms with van der Waals surface area (Å²) in [5, 5.41) is 0. The number of pyridine rings is 1. The third-order valence-electron chi connectivity index (χ3n) is 3.06. The first kappa shape index (κ1) is 14.1. The fourth-order valence-corrected chi connectivity index (χ4v) is 1.89. The average Bonchev–Trinajstić information content (AvgIpc) is 2.17. The van der Waals surface area contributed by atoms with Crippen LogP contribution >= 0.6 is 0 Å². The van der Waals surface area contributed by atoms with Crippen molar-refractivity contribution in [3.05, 3.63) is 23.9 Å². The molecule has 0 atom stereocenters. The minimum atomic E-state index is 0. The van der Waals surface area contributed by atoms with E-state index < -0.39 is 0 Å². The van der Waals surface area contributed by atoms with Gasteiger partial charge in [0.25, 0.3) is 0 Å². The second-order valence-electron chi connectivity index (χ2n) is 4.77. The van der Waals surface area contributed by atoms with Crippen LogP contribution < -0.4 is 10.6 Å². The van der Waals surface area contributed by atoms with Gasteiger partial charge in [0.2, 0.25) is 0 Å². The molecule has 16 heavy (non-hydrogen) atoms. The zero-order valence-electron chi connectivity index (χ0n) is 10.0. The summed E-state index contributed by atoms with van der Waals surface area (Å²) in [6.07, 6.45) is 4.99. The topological polar surface area (TPSA) is 42.2 Å². The van der Waals surface area contributed by atoms with Crippen molar-refractivity contribution in [1.29, 1.82) is 0 Å². The fourth-order valence-electron chi connectivity index (χ4n) is 1.89. The first-order chi connectivity index (χ1) is 7.07. The quantitative estimate of drug-likeness (QED) is 0.798. The molecule has 85 valence electrons. The molecule has 1 aromatic heterocycles. The molecule has 1 aliphatic rings. The van der Waals surface area contributed by atoms with Crippen molar-refractivity contribution in [1.82, 2.24) is 4.98 Å². The Labute approximate surface area is 123 Å². The van der Waals surface area contributed by atoms with Crippen LogP contribution in [0.2, 0.25) is 0 Å². The monoisotopic (exact) mass is 293 g/mol. The van der Waals surface area contributed by atoms with E-state index >= 15 is 0 Å². The van der Waals surface area contributed by atoms with Crippen molar-refractivity contribution >= 4 is 5.82 Å². The Morgan fingerprint density at radius 2 is 2.06 bits per heavy atom. The summed E-state index contributed by atoms with van der Waals surface area (Å²) in [6, 6.07) is 4.01. The van der Waals surface area contributed by atoms with Crippen molar-refractivity contribution in [3.8, 4) is 0 Å². The molecule has 1 radical (unpaired) electrons. The van der Waals surface area contributed by atoms with Crippen molar-refractivity contribution in [3.63, 3.8) is 0 Å². The molecule has 4 heteroatoms. The molecule has 0 aromatic carbocycles. The number of nitrogens with two attached hydrogens (primary N) is 1. The maximum atomic E-state index is 6.09. The Bertz CT molecular complexity index is 342. The summed E-state index contributed by atoms with van der Waals surface area (Å²) in [5.41, 5.74) is 7.31. The summed E-state index contributed by atoms with van der Waals surface area (Å²) in [4.78, 5) is 6.56. The first-order valence-electron chi connectivity index (χ1n) is 5.45. The van der Waals surface area contributed by atoms with Crippen LogP contribution in [0.15, 0.2) is 12.1 Å². The molecule has 0 amide bonds. The Hall–Kier alpha value is 0.0139. The van der Waals surface area contributed by atoms with Crippen LogP contribution in [0.5, 0.6) is 0 Å². The van der Waals surface area contributed by atoms with E-state index in [0.717, 1.165) is 31.7 Å². The minimum absolute atomic E-state index is 0. The summed E-state index contributed by atoms with van der Waals surface area (Å²) in [5.74, 6) is 1.03. The predicted octanol–water partition coefficient (Wildman–Crippen LogP) is 1.51. The maximum absolute atomic E-state index is 6.09. The van der Waals surface area contributed by atoms with Gasteiger partial charge in [0.15, 0.2) is 0 Å². The molecule has 0 aliphatic carbocycles. The number of aryl methyl sites for hydroxylation is 1. The smallest absolute Gasteiger partial charge is 0.0158 e. The molecule has 3 nitrogen and oxygen atoms in total. The van der Waals surface area contributed by atoms with Gasteiger partial charge in [-0.05, 0) is 19.8 Å². The number of aromatic nitrogens is 1. The molecular formula is C12H18N3Y-. The Balaban J connectivity index is 0.00000128. The molecule has 2 rings (SSSR count). The molecule has 0 saturated carbocycles. The van der Waals surface area contributed by atoms with E-state index in [4.69, 9.17) is 5.73 Å².